The summed E-state index contributed by atoms with van der Waals surface area (Å²) >= 11 is 5.51. The van der Waals surface area contributed by atoms with E-state index in [0.29, 0.717) is 5.11 Å². The maximum Gasteiger partial charge on any atom is 0.196 e. The molecule has 0 bridgehead atoms. The SMILES string of the molecule is COc1ccccc1C=NN(C)C(=S)N(C)c1cccc(C)c1. The summed E-state index contributed by atoms with van der Waals surface area (Å²) in [4.78, 5) is 1.93. The topological polar surface area (TPSA) is 28.1 Å². The van der Waals surface area contributed by atoms with Crippen LogP contribution in [0.4, 0.5) is 5.69 Å². The van der Waals surface area contributed by atoms with Gasteiger partial charge in [-0.1, -0.05) is 24.3 Å². The summed E-state index contributed by atoms with van der Waals surface area (Å²) in [6.45, 7) is 2.06. The second kappa shape index (κ2) is 7.74. The van der Waals surface area contributed by atoms with E-state index < -0.39 is 0 Å². The monoisotopic (exact) mass is 327 g/mol. The quantitative estimate of drug-likeness (QED) is 0.486. The minimum Gasteiger partial charge on any atom is -0.496 e. The second-order valence-electron chi connectivity index (χ2n) is 5.19. The van der Waals surface area contributed by atoms with Crippen molar-refractivity contribution in [3.8, 4) is 5.75 Å². The predicted molar refractivity (Wildman–Crippen MR) is 101 cm³/mol. The summed E-state index contributed by atoms with van der Waals surface area (Å²) in [7, 11) is 5.42. The molecular weight excluding hydrogens is 306 g/mol. The first-order valence-electron chi connectivity index (χ1n) is 7.28. The first-order valence-corrected chi connectivity index (χ1v) is 7.69. The van der Waals surface area contributed by atoms with Gasteiger partial charge in [0.25, 0.3) is 0 Å². The minimum absolute atomic E-state index is 0.613. The molecule has 0 aliphatic carbocycles. The standard InChI is InChI=1S/C18H21N3OS/c1-14-8-7-10-16(12-14)20(2)18(23)21(3)19-13-15-9-5-6-11-17(15)22-4/h5-13H,1-4H3. The van der Waals surface area contributed by atoms with E-state index in [1.54, 1.807) is 18.3 Å². The molecule has 0 atom stereocenters. The number of ether oxygens (including phenoxy) is 1. The smallest absolute Gasteiger partial charge is 0.196 e. The van der Waals surface area contributed by atoms with E-state index in [2.05, 4.69) is 24.2 Å². The van der Waals surface area contributed by atoms with Crippen LogP contribution in [-0.4, -0.2) is 37.5 Å². The van der Waals surface area contributed by atoms with E-state index in [1.807, 2.05) is 55.4 Å². The summed E-state index contributed by atoms with van der Waals surface area (Å²) in [6, 6.07) is 15.9. The maximum absolute atomic E-state index is 5.51. The molecule has 5 heteroatoms. The number of hydrogen-bond donors (Lipinski definition) is 0. The zero-order valence-corrected chi connectivity index (χ0v) is 14.7. The zero-order valence-electron chi connectivity index (χ0n) is 13.9. The van der Waals surface area contributed by atoms with Crippen LogP contribution in [0.1, 0.15) is 11.1 Å². The third kappa shape index (κ3) is 4.29. The van der Waals surface area contributed by atoms with E-state index in [-0.39, 0.29) is 0 Å². The van der Waals surface area contributed by atoms with Gasteiger partial charge in [-0.3, -0.25) is 0 Å². The largest absolute Gasteiger partial charge is 0.496 e. The molecule has 0 aliphatic heterocycles. The molecule has 0 aliphatic rings. The van der Waals surface area contributed by atoms with Gasteiger partial charge in [-0.25, -0.2) is 5.01 Å². The van der Waals surface area contributed by atoms with E-state index in [0.717, 1.165) is 17.0 Å². The highest BCUT2D eigenvalue weighted by atomic mass is 32.1. The lowest BCUT2D eigenvalue weighted by molar-refractivity contribution is 0.414. The molecule has 4 nitrogen and oxygen atoms in total. The number of nitrogens with zero attached hydrogens (tertiary/aromatic N) is 3. The van der Waals surface area contributed by atoms with Crippen molar-refractivity contribution in [1.29, 1.82) is 0 Å². The van der Waals surface area contributed by atoms with Crippen LogP contribution in [-0.2, 0) is 0 Å². The van der Waals surface area contributed by atoms with Crippen LogP contribution in [0, 0.1) is 6.92 Å². The molecule has 2 aromatic carbocycles. The fourth-order valence-corrected chi connectivity index (χ4v) is 2.29. The fraction of sp³-hybridized carbons (Fsp3) is 0.222. The molecule has 0 radical (unpaired) electrons. The average Bonchev–Trinajstić information content (AvgIpc) is 2.58. The van der Waals surface area contributed by atoms with Crippen molar-refractivity contribution >= 4 is 29.2 Å². The molecule has 0 fully saturated rings. The lowest BCUT2D eigenvalue weighted by Crippen LogP contribution is -2.35. The number of methoxy groups -OCH3 is 1. The number of rotatable bonds is 4. The van der Waals surface area contributed by atoms with E-state index >= 15 is 0 Å². The molecular formula is C18H21N3OS. The van der Waals surface area contributed by atoms with Crippen LogP contribution in [0.15, 0.2) is 53.6 Å². The summed E-state index contributed by atoms with van der Waals surface area (Å²) in [5, 5.41) is 6.70. The van der Waals surface area contributed by atoms with Gasteiger partial charge in [0.15, 0.2) is 5.11 Å². The van der Waals surface area contributed by atoms with Gasteiger partial charge in [-0.05, 0) is 49.0 Å². The summed E-state index contributed by atoms with van der Waals surface area (Å²) in [6.07, 6.45) is 1.75. The van der Waals surface area contributed by atoms with Gasteiger partial charge in [0.2, 0.25) is 0 Å². The van der Waals surface area contributed by atoms with Crippen molar-refractivity contribution < 1.29 is 4.74 Å². The van der Waals surface area contributed by atoms with Crippen LogP contribution < -0.4 is 9.64 Å². The predicted octanol–water partition coefficient (Wildman–Crippen LogP) is 3.69. The van der Waals surface area contributed by atoms with E-state index in [4.69, 9.17) is 17.0 Å². The Bertz CT molecular complexity index is 715. The van der Waals surface area contributed by atoms with Gasteiger partial charge in [0.1, 0.15) is 5.75 Å². The van der Waals surface area contributed by atoms with Gasteiger partial charge < -0.3 is 9.64 Å². The Labute approximate surface area is 143 Å². The van der Waals surface area contributed by atoms with Crippen LogP contribution in [0.2, 0.25) is 0 Å². The lowest BCUT2D eigenvalue weighted by Gasteiger charge is -2.25. The van der Waals surface area contributed by atoms with Crippen LogP contribution in [0.25, 0.3) is 0 Å². The van der Waals surface area contributed by atoms with E-state index in [9.17, 15) is 0 Å². The number of anilines is 1. The average molecular weight is 327 g/mol. The van der Waals surface area contributed by atoms with Gasteiger partial charge in [-0.2, -0.15) is 5.10 Å². The van der Waals surface area contributed by atoms with Crippen LogP contribution in [0.5, 0.6) is 5.75 Å². The number of hydrogen-bond acceptors (Lipinski definition) is 3. The Kier molecular flexibility index (Phi) is 5.71. The molecule has 120 valence electrons. The minimum atomic E-state index is 0.613. The Morgan fingerprint density at radius 3 is 2.57 bits per heavy atom. The molecule has 23 heavy (non-hydrogen) atoms. The summed E-state index contributed by atoms with van der Waals surface area (Å²) in [5.74, 6) is 0.780. The zero-order chi connectivity index (χ0) is 16.8. The van der Waals surface area contributed by atoms with E-state index in [1.165, 1.54) is 5.56 Å². The third-order valence-electron chi connectivity index (χ3n) is 3.46. The van der Waals surface area contributed by atoms with Gasteiger partial charge in [-0.15, -0.1) is 0 Å². The highest BCUT2D eigenvalue weighted by Gasteiger charge is 2.11. The van der Waals surface area contributed by atoms with Gasteiger partial charge in [0.05, 0.1) is 13.3 Å². The van der Waals surface area contributed by atoms with Crippen molar-refractivity contribution in [2.45, 2.75) is 6.92 Å². The maximum atomic E-state index is 5.51. The van der Waals surface area contributed by atoms with Crippen molar-refractivity contribution in [1.82, 2.24) is 5.01 Å². The first-order chi connectivity index (χ1) is 11.0. The lowest BCUT2D eigenvalue weighted by atomic mass is 10.2. The Morgan fingerprint density at radius 1 is 1.13 bits per heavy atom. The Morgan fingerprint density at radius 2 is 1.87 bits per heavy atom. The van der Waals surface area contributed by atoms with Crippen molar-refractivity contribution in [2.75, 3.05) is 26.1 Å². The molecule has 0 saturated carbocycles. The van der Waals surface area contributed by atoms with Crippen molar-refractivity contribution in [3.63, 3.8) is 0 Å². The normalized spacial score (nSPS) is 10.6. The van der Waals surface area contributed by atoms with Crippen molar-refractivity contribution in [3.05, 3.63) is 59.7 Å². The number of para-hydroxylation sites is 1. The molecule has 2 aromatic rings. The molecule has 0 amide bonds. The highest BCUT2D eigenvalue weighted by molar-refractivity contribution is 7.80. The van der Waals surface area contributed by atoms with Crippen molar-refractivity contribution in [2.24, 2.45) is 5.10 Å². The number of aryl methyl sites for hydroxylation is 1. The van der Waals surface area contributed by atoms with Gasteiger partial charge in [0, 0.05) is 25.3 Å². The molecule has 0 spiro atoms. The first kappa shape index (κ1) is 17.0. The molecule has 0 saturated heterocycles. The highest BCUT2D eigenvalue weighted by Crippen LogP contribution is 2.17. The molecule has 0 aromatic heterocycles. The number of hydrazone groups is 1. The molecule has 0 heterocycles. The van der Waals surface area contributed by atoms with Crippen LogP contribution in [0.3, 0.4) is 0 Å². The number of benzene rings is 2. The second-order valence-corrected chi connectivity index (χ2v) is 5.56. The molecule has 2 rings (SSSR count). The fourth-order valence-electron chi connectivity index (χ4n) is 2.14. The third-order valence-corrected chi connectivity index (χ3v) is 4.00. The van der Waals surface area contributed by atoms with Crippen LogP contribution >= 0.6 is 12.2 Å². The molecule has 0 N–H and O–H groups in total. The Hall–Kier alpha value is -2.40. The van der Waals surface area contributed by atoms with Gasteiger partial charge >= 0.3 is 0 Å². The summed E-state index contributed by atoms with van der Waals surface area (Å²) in [5.41, 5.74) is 3.13. The molecule has 0 unspecified atom stereocenters. The summed E-state index contributed by atoms with van der Waals surface area (Å²) < 4.78 is 5.32. The Balaban J connectivity index is 2.12. The number of thiocarbonyl (C=S) groups is 1.